The molecule has 2 saturated heterocycles. The molecule has 39 heavy (non-hydrogen) atoms. The van der Waals surface area contributed by atoms with E-state index in [9.17, 15) is 18.8 Å². The largest absolute Gasteiger partial charge is 0.369 e. The van der Waals surface area contributed by atoms with Gasteiger partial charge in [-0.2, -0.15) is 0 Å². The third kappa shape index (κ3) is 5.05. The van der Waals surface area contributed by atoms with Gasteiger partial charge in [0, 0.05) is 66.6 Å². The number of halogens is 2. The van der Waals surface area contributed by atoms with Gasteiger partial charge in [0.1, 0.15) is 5.82 Å². The number of benzene rings is 2. The molecule has 1 aromatic heterocycles. The van der Waals surface area contributed by atoms with Crippen LogP contribution in [0.15, 0.2) is 59.4 Å². The lowest BCUT2D eigenvalue weighted by Crippen LogP contribution is -2.47. The first-order chi connectivity index (χ1) is 18.9. The summed E-state index contributed by atoms with van der Waals surface area (Å²) in [6.07, 6.45) is 2.74. The Labute approximate surface area is 231 Å². The number of anilines is 2. The molecule has 202 valence electrons. The maximum absolute atomic E-state index is 14.4. The number of nitrogens with zero attached hydrogens (tertiary/aromatic N) is 3. The summed E-state index contributed by atoms with van der Waals surface area (Å²) in [7, 11) is 0. The van der Waals surface area contributed by atoms with Crippen LogP contribution in [0.4, 0.5) is 15.8 Å². The Kier molecular flexibility index (Phi) is 6.89. The third-order valence-electron chi connectivity index (χ3n) is 8.13. The van der Waals surface area contributed by atoms with Gasteiger partial charge < -0.3 is 19.7 Å². The Morgan fingerprint density at radius 3 is 2.59 bits per heavy atom. The lowest BCUT2D eigenvalue weighted by atomic mass is 9.83. The summed E-state index contributed by atoms with van der Waals surface area (Å²) >= 11 is 6.17. The summed E-state index contributed by atoms with van der Waals surface area (Å²) < 4.78 is 16.3. The maximum atomic E-state index is 14.4. The molecular weight excluding hydrogens is 519 g/mol. The van der Waals surface area contributed by atoms with E-state index < -0.39 is 11.7 Å². The highest BCUT2D eigenvalue weighted by atomic mass is 35.5. The van der Waals surface area contributed by atoms with Crippen LogP contribution in [0.3, 0.4) is 0 Å². The minimum atomic E-state index is -0.534. The molecule has 2 bridgehead atoms. The molecule has 3 aromatic rings. The second-order valence-electron chi connectivity index (χ2n) is 10.8. The minimum absolute atomic E-state index is 0.0279. The molecule has 1 N–H and O–H groups in total. The number of hydrogen-bond donors (Lipinski definition) is 1. The zero-order chi connectivity index (χ0) is 27.1. The molecule has 6 rings (SSSR count). The van der Waals surface area contributed by atoms with Gasteiger partial charge in [-0.1, -0.05) is 23.7 Å². The quantitative estimate of drug-likeness (QED) is 0.502. The Bertz CT molecular complexity index is 1480. The van der Waals surface area contributed by atoms with Crippen LogP contribution in [0.1, 0.15) is 46.8 Å². The fourth-order valence-corrected chi connectivity index (χ4v) is 6.53. The number of amides is 2. The zero-order valence-electron chi connectivity index (χ0n) is 21.5. The number of aromatic nitrogens is 1. The van der Waals surface area contributed by atoms with Gasteiger partial charge in [0.15, 0.2) is 0 Å². The Hall–Kier alpha value is -3.65. The van der Waals surface area contributed by atoms with Gasteiger partial charge in [0.2, 0.25) is 5.91 Å². The van der Waals surface area contributed by atoms with Gasteiger partial charge in [-0.3, -0.25) is 14.4 Å². The van der Waals surface area contributed by atoms with Crippen molar-refractivity contribution in [1.29, 1.82) is 0 Å². The molecule has 3 aliphatic rings. The van der Waals surface area contributed by atoms with Gasteiger partial charge in [0.05, 0.1) is 17.8 Å². The lowest BCUT2D eigenvalue weighted by molar-refractivity contribution is -0.115. The van der Waals surface area contributed by atoms with Gasteiger partial charge in [-0.05, 0) is 61.6 Å². The standard InChI is InChI=1S/C30H30ClFN4O3/c31-23-5-3-6-24(32)22(23)15-28(37)33-25-14-20(30(39)34-11-1-2-12-34)9-10-27(25)35-16-19-13-21(18-35)26-7-4-8-29(38)36(26)17-19/h3-10,14,19,21H,1-2,11-13,15-18H2,(H,33,37)/t19-,21+/m1/s1. The smallest absolute Gasteiger partial charge is 0.253 e. The highest BCUT2D eigenvalue weighted by molar-refractivity contribution is 6.31. The number of likely N-dealkylation sites (tertiary alicyclic amines) is 1. The van der Waals surface area contributed by atoms with Crippen LogP contribution in [0, 0.1) is 11.7 Å². The maximum Gasteiger partial charge on any atom is 0.253 e. The molecule has 2 aromatic carbocycles. The summed E-state index contributed by atoms with van der Waals surface area (Å²) in [5, 5.41) is 3.15. The predicted octanol–water partition coefficient (Wildman–Crippen LogP) is 4.68. The Morgan fingerprint density at radius 1 is 1.00 bits per heavy atom. The normalized spacial score (nSPS) is 20.1. The van der Waals surface area contributed by atoms with Crippen molar-refractivity contribution in [2.75, 3.05) is 36.4 Å². The van der Waals surface area contributed by atoms with E-state index in [2.05, 4.69) is 10.2 Å². The fourth-order valence-electron chi connectivity index (χ4n) is 6.30. The number of fused-ring (bicyclic) bond motifs is 4. The van der Waals surface area contributed by atoms with Crippen LogP contribution in [0.2, 0.25) is 5.02 Å². The van der Waals surface area contributed by atoms with Crippen LogP contribution >= 0.6 is 11.6 Å². The first kappa shape index (κ1) is 25.6. The minimum Gasteiger partial charge on any atom is -0.369 e. The van der Waals surface area contributed by atoms with Crippen molar-refractivity contribution in [3.63, 3.8) is 0 Å². The van der Waals surface area contributed by atoms with Crippen molar-refractivity contribution >= 4 is 34.8 Å². The number of carbonyl (C=O) groups is 2. The van der Waals surface area contributed by atoms with Gasteiger partial charge in [0.25, 0.3) is 11.5 Å². The molecule has 0 unspecified atom stereocenters. The summed E-state index contributed by atoms with van der Waals surface area (Å²) in [5.41, 5.74) is 3.03. The summed E-state index contributed by atoms with van der Waals surface area (Å²) in [4.78, 5) is 42.9. The number of pyridine rings is 1. The van der Waals surface area contributed by atoms with Gasteiger partial charge in [-0.15, -0.1) is 0 Å². The van der Waals surface area contributed by atoms with E-state index >= 15 is 0 Å². The first-order valence-corrected chi connectivity index (χ1v) is 13.9. The van der Waals surface area contributed by atoms with E-state index in [-0.39, 0.29) is 40.3 Å². The van der Waals surface area contributed by atoms with Crippen molar-refractivity contribution in [1.82, 2.24) is 9.47 Å². The average molecular weight is 549 g/mol. The number of carbonyl (C=O) groups excluding carboxylic acids is 2. The molecule has 4 heterocycles. The van der Waals surface area contributed by atoms with Gasteiger partial charge in [-0.25, -0.2) is 4.39 Å². The monoisotopic (exact) mass is 548 g/mol. The van der Waals surface area contributed by atoms with Crippen molar-refractivity contribution in [3.05, 3.63) is 92.6 Å². The van der Waals surface area contributed by atoms with E-state index in [0.717, 1.165) is 50.3 Å². The van der Waals surface area contributed by atoms with Crippen molar-refractivity contribution in [2.45, 2.75) is 38.1 Å². The molecule has 0 saturated carbocycles. The molecule has 2 amide bonds. The average Bonchev–Trinajstić information content (AvgIpc) is 3.46. The number of nitrogens with one attached hydrogen (secondary N) is 1. The van der Waals surface area contributed by atoms with E-state index in [1.807, 2.05) is 33.7 Å². The van der Waals surface area contributed by atoms with E-state index in [0.29, 0.717) is 24.3 Å². The van der Waals surface area contributed by atoms with Crippen LogP contribution in [-0.2, 0) is 17.8 Å². The second-order valence-corrected chi connectivity index (χ2v) is 11.2. The van der Waals surface area contributed by atoms with E-state index in [4.69, 9.17) is 11.6 Å². The topological polar surface area (TPSA) is 74.7 Å². The molecule has 9 heteroatoms. The van der Waals surface area contributed by atoms with Gasteiger partial charge >= 0.3 is 0 Å². The van der Waals surface area contributed by atoms with Crippen LogP contribution in [0.5, 0.6) is 0 Å². The van der Waals surface area contributed by atoms with E-state index in [1.165, 1.54) is 12.1 Å². The van der Waals surface area contributed by atoms with Crippen molar-refractivity contribution in [3.8, 4) is 0 Å². The van der Waals surface area contributed by atoms with E-state index in [1.54, 1.807) is 18.2 Å². The summed E-state index contributed by atoms with van der Waals surface area (Å²) in [5.74, 6) is -0.548. The first-order valence-electron chi connectivity index (χ1n) is 13.5. The number of hydrogen-bond acceptors (Lipinski definition) is 4. The predicted molar refractivity (Wildman–Crippen MR) is 149 cm³/mol. The lowest BCUT2D eigenvalue weighted by Gasteiger charge is -2.44. The van der Waals surface area contributed by atoms with Crippen LogP contribution in [-0.4, -0.2) is 47.5 Å². The summed E-state index contributed by atoms with van der Waals surface area (Å²) in [6, 6.07) is 15.2. The Balaban J connectivity index is 1.31. The molecular formula is C30H30ClFN4O3. The molecule has 0 radical (unpaired) electrons. The SMILES string of the molecule is O=C(Cc1c(F)cccc1Cl)Nc1cc(C(=O)N2CCCC2)ccc1N1C[C@H]2C[C@@H](C1)c1cccc(=O)n1C2. The zero-order valence-corrected chi connectivity index (χ0v) is 22.3. The molecule has 2 fully saturated rings. The highest BCUT2D eigenvalue weighted by Gasteiger charge is 2.35. The number of piperidine rings is 1. The molecule has 2 atom stereocenters. The molecule has 3 aliphatic heterocycles. The van der Waals surface area contributed by atoms with Crippen LogP contribution < -0.4 is 15.8 Å². The second kappa shape index (κ2) is 10.5. The van der Waals surface area contributed by atoms with Crippen LogP contribution in [0.25, 0.3) is 0 Å². The molecule has 7 nitrogen and oxygen atoms in total. The number of rotatable bonds is 5. The molecule has 0 spiro atoms. The highest BCUT2D eigenvalue weighted by Crippen LogP contribution is 2.39. The Morgan fingerprint density at radius 2 is 1.79 bits per heavy atom. The third-order valence-corrected chi connectivity index (χ3v) is 8.48. The van der Waals surface area contributed by atoms with Crippen molar-refractivity contribution in [2.24, 2.45) is 5.92 Å². The molecule has 0 aliphatic carbocycles. The fraction of sp³-hybridized carbons (Fsp3) is 0.367. The summed E-state index contributed by atoms with van der Waals surface area (Å²) in [6.45, 7) is 3.51. The van der Waals surface area contributed by atoms with Crippen molar-refractivity contribution < 1.29 is 14.0 Å².